The van der Waals surface area contributed by atoms with E-state index < -0.39 is 12.5 Å². The minimum absolute atomic E-state index is 0.0122. The predicted molar refractivity (Wildman–Crippen MR) is 86.9 cm³/mol. The second-order valence-electron chi connectivity index (χ2n) is 4.63. The van der Waals surface area contributed by atoms with E-state index in [2.05, 4.69) is 10.1 Å². The number of hydrogen-bond donors (Lipinski definition) is 1. The summed E-state index contributed by atoms with van der Waals surface area (Å²) in [5.74, 6) is -0.0212. The van der Waals surface area contributed by atoms with Crippen molar-refractivity contribution in [3.8, 4) is 11.5 Å². The molecule has 0 unspecified atom stereocenters. The van der Waals surface area contributed by atoms with E-state index in [-0.39, 0.29) is 18.9 Å². The van der Waals surface area contributed by atoms with Crippen LogP contribution < -0.4 is 14.8 Å². The van der Waals surface area contributed by atoms with Gasteiger partial charge in [0.15, 0.2) is 6.61 Å². The number of carbonyl (C=O) groups excluding carboxylic acids is 1. The summed E-state index contributed by atoms with van der Waals surface area (Å²) in [6, 6.07) is 10.8. The topological polar surface area (TPSA) is 47.6 Å². The molecule has 0 bridgehead atoms. The number of rotatable bonds is 7. The Bertz CT molecular complexity index is 713. The number of hydrogen-bond acceptors (Lipinski definition) is 3. The SMILES string of the molecule is O=C(COc1ccc(Cl)c(Cl)c1)NCc1ccccc1OC(F)F. The van der Waals surface area contributed by atoms with Gasteiger partial charge in [-0.15, -0.1) is 0 Å². The number of benzene rings is 2. The minimum atomic E-state index is -2.93. The summed E-state index contributed by atoms with van der Waals surface area (Å²) in [6.07, 6.45) is 0. The van der Waals surface area contributed by atoms with Crippen LogP contribution in [0.5, 0.6) is 11.5 Å². The van der Waals surface area contributed by atoms with Crippen LogP contribution in [0.4, 0.5) is 8.78 Å². The Kier molecular flexibility index (Phi) is 6.63. The van der Waals surface area contributed by atoms with Gasteiger partial charge in [-0.3, -0.25) is 4.79 Å². The number of alkyl halides is 2. The van der Waals surface area contributed by atoms with Crippen LogP contribution in [0, 0.1) is 0 Å². The zero-order valence-electron chi connectivity index (χ0n) is 12.3. The molecule has 0 saturated heterocycles. The van der Waals surface area contributed by atoms with Crippen LogP contribution in [-0.4, -0.2) is 19.1 Å². The van der Waals surface area contributed by atoms with E-state index >= 15 is 0 Å². The van der Waals surface area contributed by atoms with Crippen molar-refractivity contribution in [1.29, 1.82) is 0 Å². The lowest BCUT2D eigenvalue weighted by Gasteiger charge is -2.12. The first-order valence-electron chi connectivity index (χ1n) is 6.83. The standard InChI is InChI=1S/C16H13Cl2F2NO3/c17-12-6-5-11(7-13(12)18)23-9-15(22)21-8-10-3-1-2-4-14(10)24-16(19)20/h1-7,16H,8-9H2,(H,21,22). The number of carbonyl (C=O) groups is 1. The van der Waals surface area contributed by atoms with Crippen LogP contribution in [0.2, 0.25) is 10.0 Å². The first-order chi connectivity index (χ1) is 11.5. The van der Waals surface area contributed by atoms with Gasteiger partial charge in [0.25, 0.3) is 5.91 Å². The highest BCUT2D eigenvalue weighted by atomic mass is 35.5. The van der Waals surface area contributed by atoms with E-state index in [9.17, 15) is 13.6 Å². The summed E-state index contributed by atoms with van der Waals surface area (Å²) in [6.45, 7) is -3.15. The van der Waals surface area contributed by atoms with Gasteiger partial charge in [-0.2, -0.15) is 8.78 Å². The van der Waals surface area contributed by atoms with Crippen LogP contribution >= 0.6 is 23.2 Å². The van der Waals surface area contributed by atoms with Crippen molar-refractivity contribution in [1.82, 2.24) is 5.32 Å². The molecule has 8 heteroatoms. The van der Waals surface area contributed by atoms with Crippen molar-refractivity contribution in [3.63, 3.8) is 0 Å². The zero-order chi connectivity index (χ0) is 17.5. The summed E-state index contributed by atoms with van der Waals surface area (Å²) in [4.78, 5) is 11.8. The van der Waals surface area contributed by atoms with Gasteiger partial charge >= 0.3 is 6.61 Å². The molecule has 2 aromatic rings. The van der Waals surface area contributed by atoms with E-state index in [0.717, 1.165) is 0 Å². The van der Waals surface area contributed by atoms with Gasteiger partial charge in [0.05, 0.1) is 10.0 Å². The highest BCUT2D eigenvalue weighted by Crippen LogP contribution is 2.26. The molecule has 1 amide bonds. The zero-order valence-corrected chi connectivity index (χ0v) is 13.8. The van der Waals surface area contributed by atoms with E-state index in [1.807, 2.05) is 0 Å². The lowest BCUT2D eigenvalue weighted by atomic mass is 10.2. The molecule has 0 fully saturated rings. The van der Waals surface area contributed by atoms with E-state index in [1.54, 1.807) is 30.3 Å². The highest BCUT2D eigenvalue weighted by Gasteiger charge is 2.10. The number of ether oxygens (including phenoxy) is 2. The lowest BCUT2D eigenvalue weighted by molar-refractivity contribution is -0.123. The van der Waals surface area contributed by atoms with Gasteiger partial charge in [0.2, 0.25) is 0 Å². The molecule has 0 aromatic heterocycles. The summed E-state index contributed by atoms with van der Waals surface area (Å²) in [7, 11) is 0. The van der Waals surface area contributed by atoms with Gasteiger partial charge in [0.1, 0.15) is 11.5 Å². The van der Waals surface area contributed by atoms with Crippen molar-refractivity contribution >= 4 is 29.1 Å². The fourth-order valence-corrected chi connectivity index (χ4v) is 2.11. The van der Waals surface area contributed by atoms with Crippen molar-refractivity contribution in [2.75, 3.05) is 6.61 Å². The molecule has 24 heavy (non-hydrogen) atoms. The molecule has 0 heterocycles. The van der Waals surface area contributed by atoms with Gasteiger partial charge in [0, 0.05) is 18.2 Å². The molecule has 0 aliphatic heterocycles. The smallest absolute Gasteiger partial charge is 0.387 e. The number of amides is 1. The fourth-order valence-electron chi connectivity index (χ4n) is 1.82. The molecule has 0 aliphatic carbocycles. The second kappa shape index (κ2) is 8.70. The Hall–Kier alpha value is -2.05. The van der Waals surface area contributed by atoms with Crippen LogP contribution in [0.25, 0.3) is 0 Å². The Morgan fingerprint density at radius 1 is 1.12 bits per heavy atom. The normalized spacial score (nSPS) is 10.5. The van der Waals surface area contributed by atoms with Crippen molar-refractivity contribution in [2.45, 2.75) is 13.2 Å². The number of halogens is 4. The lowest BCUT2D eigenvalue weighted by Crippen LogP contribution is -2.28. The van der Waals surface area contributed by atoms with Gasteiger partial charge in [-0.05, 0) is 18.2 Å². The predicted octanol–water partition coefficient (Wildman–Crippen LogP) is 4.29. The molecule has 0 aliphatic rings. The number of para-hydroxylation sites is 1. The quantitative estimate of drug-likeness (QED) is 0.784. The van der Waals surface area contributed by atoms with Gasteiger partial charge < -0.3 is 14.8 Å². The molecule has 0 saturated carbocycles. The molecule has 4 nitrogen and oxygen atoms in total. The Labute approximate surface area is 147 Å². The Morgan fingerprint density at radius 2 is 1.88 bits per heavy atom. The van der Waals surface area contributed by atoms with E-state index in [1.165, 1.54) is 12.1 Å². The molecule has 128 valence electrons. The Morgan fingerprint density at radius 3 is 2.58 bits per heavy atom. The summed E-state index contributed by atoms with van der Waals surface area (Å²) in [5, 5.41) is 3.25. The second-order valence-corrected chi connectivity index (χ2v) is 5.44. The largest absolute Gasteiger partial charge is 0.484 e. The van der Waals surface area contributed by atoms with Crippen LogP contribution in [0.3, 0.4) is 0 Å². The molecular formula is C16H13Cl2F2NO3. The summed E-state index contributed by atoms with van der Waals surface area (Å²) < 4.78 is 34.3. The third-order valence-corrected chi connectivity index (χ3v) is 3.66. The molecule has 2 aromatic carbocycles. The van der Waals surface area contributed by atoms with Crippen molar-refractivity contribution in [3.05, 3.63) is 58.1 Å². The number of nitrogens with one attached hydrogen (secondary N) is 1. The van der Waals surface area contributed by atoms with Gasteiger partial charge in [-0.25, -0.2) is 0 Å². The average molecular weight is 376 g/mol. The molecule has 0 radical (unpaired) electrons. The summed E-state index contributed by atoms with van der Waals surface area (Å²) in [5.41, 5.74) is 0.431. The fraction of sp³-hybridized carbons (Fsp3) is 0.188. The van der Waals surface area contributed by atoms with Crippen molar-refractivity contribution < 1.29 is 23.0 Å². The first kappa shape index (κ1) is 18.3. The first-order valence-corrected chi connectivity index (χ1v) is 7.58. The Balaban J connectivity index is 1.86. The molecule has 1 N–H and O–H groups in total. The summed E-state index contributed by atoms with van der Waals surface area (Å²) >= 11 is 11.6. The highest BCUT2D eigenvalue weighted by molar-refractivity contribution is 6.42. The maximum Gasteiger partial charge on any atom is 0.387 e. The minimum Gasteiger partial charge on any atom is -0.484 e. The third kappa shape index (κ3) is 5.54. The van der Waals surface area contributed by atoms with Gasteiger partial charge in [-0.1, -0.05) is 41.4 Å². The van der Waals surface area contributed by atoms with Crippen molar-refractivity contribution in [2.24, 2.45) is 0 Å². The molecule has 0 atom stereocenters. The molecular weight excluding hydrogens is 363 g/mol. The molecule has 2 rings (SSSR count). The van der Waals surface area contributed by atoms with E-state index in [0.29, 0.717) is 21.4 Å². The van der Waals surface area contributed by atoms with Crippen LogP contribution in [-0.2, 0) is 11.3 Å². The third-order valence-electron chi connectivity index (χ3n) is 2.93. The monoisotopic (exact) mass is 375 g/mol. The molecule has 0 spiro atoms. The maximum absolute atomic E-state index is 12.3. The average Bonchev–Trinajstić information content (AvgIpc) is 2.54. The van der Waals surface area contributed by atoms with Crippen LogP contribution in [0.1, 0.15) is 5.56 Å². The van der Waals surface area contributed by atoms with E-state index in [4.69, 9.17) is 27.9 Å². The maximum atomic E-state index is 12.3. The van der Waals surface area contributed by atoms with Crippen LogP contribution in [0.15, 0.2) is 42.5 Å².